The van der Waals surface area contributed by atoms with Gasteiger partial charge in [0.05, 0.1) is 18.1 Å². The first-order valence-corrected chi connectivity index (χ1v) is 9.76. The molecular formula is C13H23NO4S2. The molecule has 5 nitrogen and oxygen atoms in total. The lowest BCUT2D eigenvalue weighted by molar-refractivity contribution is -0.137. The van der Waals surface area contributed by atoms with E-state index >= 15 is 0 Å². The van der Waals surface area contributed by atoms with Crippen LogP contribution in [-0.2, 0) is 19.6 Å². The van der Waals surface area contributed by atoms with Crippen molar-refractivity contribution in [2.24, 2.45) is 0 Å². The molecule has 1 saturated carbocycles. The summed E-state index contributed by atoms with van der Waals surface area (Å²) in [5, 5.41) is 0.0353. The van der Waals surface area contributed by atoms with Gasteiger partial charge in [0.15, 0.2) is 0 Å². The molecule has 1 atom stereocenters. The van der Waals surface area contributed by atoms with Gasteiger partial charge in [-0.15, -0.1) is 11.8 Å². The van der Waals surface area contributed by atoms with Crippen molar-refractivity contribution in [2.45, 2.75) is 49.0 Å². The van der Waals surface area contributed by atoms with E-state index in [4.69, 9.17) is 0 Å². The zero-order chi connectivity index (χ0) is 14.6. The number of sulfonamides is 1. The number of hydrogen-bond donors (Lipinski definition) is 0. The Morgan fingerprint density at radius 3 is 2.60 bits per heavy atom. The minimum absolute atomic E-state index is 0.180. The minimum atomic E-state index is -3.13. The van der Waals surface area contributed by atoms with Crippen molar-refractivity contribution in [1.82, 2.24) is 4.31 Å². The smallest absolute Gasteiger partial charge is 0.315 e. The zero-order valence-electron chi connectivity index (χ0n) is 11.9. The maximum Gasteiger partial charge on any atom is 0.315 e. The molecule has 1 aliphatic heterocycles. The van der Waals surface area contributed by atoms with Gasteiger partial charge in [0.25, 0.3) is 0 Å². The molecule has 7 heteroatoms. The molecule has 0 amide bonds. The molecule has 1 heterocycles. The molecule has 0 N–H and O–H groups in total. The van der Waals surface area contributed by atoms with E-state index in [9.17, 15) is 13.2 Å². The average molecular weight is 321 g/mol. The van der Waals surface area contributed by atoms with Crippen LogP contribution in [-0.4, -0.2) is 55.1 Å². The largest absolute Gasteiger partial charge is 0.468 e. The van der Waals surface area contributed by atoms with Crippen LogP contribution in [0.1, 0.15) is 38.5 Å². The number of rotatable bonds is 5. The first-order valence-electron chi connectivity index (χ1n) is 7.21. The van der Waals surface area contributed by atoms with Gasteiger partial charge in [0, 0.05) is 18.3 Å². The minimum Gasteiger partial charge on any atom is -0.468 e. The predicted octanol–water partition coefficient (Wildman–Crippen LogP) is 1.63. The quantitative estimate of drug-likeness (QED) is 0.720. The first-order chi connectivity index (χ1) is 9.54. The molecule has 2 aliphatic rings. The van der Waals surface area contributed by atoms with E-state index < -0.39 is 10.0 Å². The molecule has 2 rings (SSSR count). The predicted molar refractivity (Wildman–Crippen MR) is 80.2 cm³/mol. The highest BCUT2D eigenvalue weighted by Gasteiger charge is 2.37. The third-order valence-electron chi connectivity index (χ3n) is 4.11. The van der Waals surface area contributed by atoms with Crippen molar-refractivity contribution >= 4 is 27.8 Å². The summed E-state index contributed by atoms with van der Waals surface area (Å²) in [6.45, 7) is 1.14. The number of thioether (sulfide) groups is 1. The summed E-state index contributed by atoms with van der Waals surface area (Å²) in [6.07, 6.45) is 5.64. The molecule has 0 aromatic heterocycles. The SMILES string of the molecule is COC(=O)CS[C@@H]1CCN(S(=O)(=O)C2CCCCC2)C1. The van der Waals surface area contributed by atoms with Gasteiger partial charge in [-0.2, -0.15) is 0 Å². The highest BCUT2D eigenvalue weighted by atomic mass is 32.2. The molecular weight excluding hydrogens is 298 g/mol. The average Bonchev–Trinajstić information content (AvgIpc) is 2.95. The Morgan fingerprint density at radius 2 is 1.95 bits per heavy atom. The van der Waals surface area contributed by atoms with Crippen LogP contribution in [0.5, 0.6) is 0 Å². The van der Waals surface area contributed by atoms with E-state index in [0.717, 1.165) is 38.5 Å². The second kappa shape index (κ2) is 7.13. The Kier molecular flexibility index (Phi) is 5.74. The lowest BCUT2D eigenvalue weighted by Crippen LogP contribution is -2.38. The van der Waals surface area contributed by atoms with Gasteiger partial charge in [-0.1, -0.05) is 19.3 Å². The molecule has 116 valence electrons. The van der Waals surface area contributed by atoms with E-state index in [-0.39, 0.29) is 16.5 Å². The maximum absolute atomic E-state index is 12.6. The van der Waals surface area contributed by atoms with Crippen LogP contribution < -0.4 is 0 Å². The van der Waals surface area contributed by atoms with Crippen molar-refractivity contribution in [2.75, 3.05) is 26.0 Å². The Bertz CT molecular complexity index is 432. The second-order valence-corrected chi connectivity index (χ2v) is 8.96. The van der Waals surface area contributed by atoms with Gasteiger partial charge in [0.2, 0.25) is 10.0 Å². The number of ether oxygens (including phenoxy) is 1. The van der Waals surface area contributed by atoms with Gasteiger partial charge in [-0.05, 0) is 19.3 Å². The molecule has 0 unspecified atom stereocenters. The third-order valence-corrected chi connectivity index (χ3v) is 7.73. The summed E-state index contributed by atoms with van der Waals surface area (Å²) in [4.78, 5) is 11.1. The molecule has 0 spiro atoms. The van der Waals surface area contributed by atoms with Gasteiger partial charge in [-0.25, -0.2) is 12.7 Å². The molecule has 0 radical (unpaired) electrons. The monoisotopic (exact) mass is 321 g/mol. The van der Waals surface area contributed by atoms with Crippen LogP contribution >= 0.6 is 11.8 Å². The summed E-state index contributed by atoms with van der Waals surface area (Å²) in [6, 6.07) is 0. The van der Waals surface area contributed by atoms with Crippen molar-refractivity contribution in [3.8, 4) is 0 Å². The Labute approximate surface area is 125 Å². The molecule has 1 saturated heterocycles. The Balaban J connectivity index is 1.86. The van der Waals surface area contributed by atoms with Crippen LogP contribution in [0.4, 0.5) is 0 Å². The van der Waals surface area contributed by atoms with Gasteiger partial charge in [0.1, 0.15) is 0 Å². The second-order valence-electron chi connectivity index (χ2n) is 5.46. The number of nitrogens with zero attached hydrogens (tertiary/aromatic N) is 1. The molecule has 2 fully saturated rings. The zero-order valence-corrected chi connectivity index (χ0v) is 13.5. The number of carbonyl (C=O) groups excluding carboxylic acids is 1. The van der Waals surface area contributed by atoms with Crippen molar-refractivity contribution in [1.29, 1.82) is 0 Å². The van der Waals surface area contributed by atoms with Crippen molar-refractivity contribution in [3.63, 3.8) is 0 Å². The normalized spacial score (nSPS) is 25.8. The fourth-order valence-electron chi connectivity index (χ4n) is 2.88. The molecule has 20 heavy (non-hydrogen) atoms. The third kappa shape index (κ3) is 3.89. The Hall–Kier alpha value is -0.270. The highest BCUT2D eigenvalue weighted by molar-refractivity contribution is 8.00. The van der Waals surface area contributed by atoms with Crippen LogP contribution in [0, 0.1) is 0 Å². The molecule has 0 aromatic rings. The maximum atomic E-state index is 12.6. The van der Waals surface area contributed by atoms with Gasteiger partial charge < -0.3 is 4.74 Å². The van der Waals surface area contributed by atoms with Crippen LogP contribution in [0.2, 0.25) is 0 Å². The van der Waals surface area contributed by atoms with E-state index in [1.165, 1.54) is 18.9 Å². The number of methoxy groups -OCH3 is 1. The number of carbonyl (C=O) groups is 1. The van der Waals surface area contributed by atoms with Crippen LogP contribution in [0.15, 0.2) is 0 Å². The molecule has 0 aromatic carbocycles. The van der Waals surface area contributed by atoms with Crippen molar-refractivity contribution < 1.29 is 17.9 Å². The summed E-state index contributed by atoms with van der Waals surface area (Å²) < 4.78 is 31.4. The number of esters is 1. The summed E-state index contributed by atoms with van der Waals surface area (Å²) in [5.41, 5.74) is 0. The molecule has 1 aliphatic carbocycles. The van der Waals surface area contributed by atoms with E-state index in [2.05, 4.69) is 4.74 Å². The Morgan fingerprint density at radius 1 is 1.25 bits per heavy atom. The number of hydrogen-bond acceptors (Lipinski definition) is 5. The lowest BCUT2D eigenvalue weighted by Gasteiger charge is -2.26. The summed E-state index contributed by atoms with van der Waals surface area (Å²) in [5.74, 6) is 0.0574. The van der Waals surface area contributed by atoms with Crippen molar-refractivity contribution in [3.05, 3.63) is 0 Å². The summed E-state index contributed by atoms with van der Waals surface area (Å²) >= 11 is 1.50. The van der Waals surface area contributed by atoms with Crippen LogP contribution in [0.25, 0.3) is 0 Å². The fraction of sp³-hybridized carbons (Fsp3) is 0.923. The standard InChI is InChI=1S/C13H23NO4S2/c1-18-13(15)10-19-11-7-8-14(9-11)20(16,17)12-5-3-2-4-6-12/h11-12H,2-10H2,1H3/t11-/m1/s1. The van der Waals surface area contributed by atoms with Gasteiger partial charge >= 0.3 is 5.97 Å². The first kappa shape index (κ1) is 16.1. The van der Waals surface area contributed by atoms with Crippen LogP contribution in [0.3, 0.4) is 0 Å². The lowest BCUT2D eigenvalue weighted by atomic mass is 10.0. The van der Waals surface area contributed by atoms with E-state index in [1.54, 1.807) is 4.31 Å². The van der Waals surface area contributed by atoms with E-state index in [1.807, 2.05) is 0 Å². The highest BCUT2D eigenvalue weighted by Crippen LogP contribution is 2.31. The topological polar surface area (TPSA) is 63.7 Å². The fourth-order valence-corrected chi connectivity index (χ4v) is 6.12. The van der Waals surface area contributed by atoms with Gasteiger partial charge in [-0.3, -0.25) is 4.79 Å². The molecule has 0 bridgehead atoms. The van der Waals surface area contributed by atoms with E-state index in [0.29, 0.717) is 18.8 Å². The summed E-state index contributed by atoms with van der Waals surface area (Å²) in [7, 11) is -1.76.